The summed E-state index contributed by atoms with van der Waals surface area (Å²) < 4.78 is 13.0. The zero-order valence-corrected chi connectivity index (χ0v) is 28.0. The molecule has 0 amide bonds. The van der Waals surface area contributed by atoms with Crippen molar-refractivity contribution in [2.75, 3.05) is 0 Å². The monoisotopic (exact) mass is 660 g/mol. The lowest BCUT2D eigenvalue weighted by Gasteiger charge is -2.26. The molecule has 0 aliphatic heterocycles. The van der Waals surface area contributed by atoms with E-state index in [1.165, 1.54) is 0 Å². The van der Waals surface area contributed by atoms with Crippen LogP contribution in [0.4, 0.5) is 0 Å². The van der Waals surface area contributed by atoms with E-state index >= 15 is 0 Å². The van der Waals surface area contributed by atoms with Crippen molar-refractivity contribution in [3.63, 3.8) is 0 Å². The van der Waals surface area contributed by atoms with Gasteiger partial charge < -0.3 is 24.2 Å². The molecule has 2 heterocycles. The Kier molecular flexibility index (Phi) is 6.28. The van der Waals surface area contributed by atoms with Crippen LogP contribution in [0.25, 0.3) is 94.1 Å². The molecule has 3 N–H and O–H groups in total. The second-order valence-corrected chi connectivity index (χ2v) is 13.6. The van der Waals surface area contributed by atoms with E-state index in [1.807, 2.05) is 50.3 Å². The van der Waals surface area contributed by atoms with Crippen LogP contribution in [-0.4, -0.2) is 31.0 Å². The molecule has 0 saturated heterocycles. The van der Waals surface area contributed by atoms with Crippen molar-refractivity contribution in [3.05, 3.63) is 120 Å². The lowest BCUT2D eigenvalue weighted by Crippen LogP contribution is -2.28. The largest absolute Gasteiger partial charge is 0.505 e. The molecule has 7 heteroatoms. The summed E-state index contributed by atoms with van der Waals surface area (Å²) in [5.74, 6) is -1.12. The second-order valence-electron chi connectivity index (χ2n) is 13.6. The number of benzene rings is 7. The fourth-order valence-corrected chi connectivity index (χ4v) is 8.38. The van der Waals surface area contributed by atoms with Gasteiger partial charge in [-0.1, -0.05) is 90.4 Å². The molecule has 51 heavy (non-hydrogen) atoms. The summed E-state index contributed by atoms with van der Waals surface area (Å²) in [5, 5.41) is 39.0. The minimum absolute atomic E-state index is 0.299. The third kappa shape index (κ3) is 4.12. The van der Waals surface area contributed by atoms with Gasteiger partial charge in [0.2, 0.25) is 0 Å². The highest BCUT2D eigenvalue weighted by atomic mass is 16.3. The molecule has 0 spiro atoms. The van der Waals surface area contributed by atoms with E-state index in [-0.39, 0.29) is 11.5 Å². The van der Waals surface area contributed by atoms with Gasteiger partial charge in [-0.05, 0) is 87.2 Å². The van der Waals surface area contributed by atoms with Crippen LogP contribution in [0.5, 0.6) is 17.2 Å². The number of rotatable bonds is 3. The van der Waals surface area contributed by atoms with Crippen molar-refractivity contribution in [2.24, 2.45) is 0 Å². The molecule has 0 saturated carbocycles. The molecule has 5 nitrogen and oxygen atoms in total. The van der Waals surface area contributed by atoms with Gasteiger partial charge in [0.25, 0.3) is 0 Å². The van der Waals surface area contributed by atoms with Crippen LogP contribution in [-0.2, 0) is 6.42 Å². The number of para-hydroxylation sites is 2. The van der Waals surface area contributed by atoms with Crippen LogP contribution < -0.4 is 10.9 Å². The molecular weight excluding hydrogens is 630 g/mol. The Balaban J connectivity index is 1.30. The van der Waals surface area contributed by atoms with Crippen molar-refractivity contribution < 1.29 is 24.2 Å². The van der Waals surface area contributed by atoms with E-state index in [1.54, 1.807) is 7.85 Å². The van der Waals surface area contributed by atoms with Crippen LogP contribution in [0, 0.1) is 0 Å². The summed E-state index contributed by atoms with van der Waals surface area (Å²) >= 11 is 0. The molecule has 7 aromatic carbocycles. The van der Waals surface area contributed by atoms with Crippen LogP contribution in [0.2, 0.25) is 0 Å². The average Bonchev–Trinajstić information content (AvgIpc) is 3.75. The first-order valence-corrected chi connectivity index (χ1v) is 17.3. The van der Waals surface area contributed by atoms with Gasteiger partial charge in [0.15, 0.2) is 17.2 Å². The number of allylic oxidation sites excluding steroid dienone is 1. The summed E-state index contributed by atoms with van der Waals surface area (Å²) in [6, 6.07) is 35.4. The van der Waals surface area contributed by atoms with Gasteiger partial charge in [-0.2, -0.15) is 0 Å². The van der Waals surface area contributed by atoms with E-state index in [0.29, 0.717) is 16.5 Å². The number of phenolic OH excluding ortho intramolecular Hbond substituents is 3. The first kappa shape index (κ1) is 29.6. The van der Waals surface area contributed by atoms with E-state index in [4.69, 9.17) is 8.83 Å². The Bertz CT molecular complexity index is 2960. The Morgan fingerprint density at radius 3 is 1.96 bits per heavy atom. The fourth-order valence-electron chi connectivity index (χ4n) is 8.38. The Morgan fingerprint density at radius 2 is 1.18 bits per heavy atom. The van der Waals surface area contributed by atoms with Gasteiger partial charge in [-0.15, -0.1) is 0 Å². The number of hydrogen-bond acceptors (Lipinski definition) is 5. The first-order valence-electron chi connectivity index (χ1n) is 17.3. The van der Waals surface area contributed by atoms with Gasteiger partial charge in [0.1, 0.15) is 38.0 Å². The Labute approximate surface area is 294 Å². The maximum Gasteiger partial charge on any atom is 0.200 e. The fraction of sp³-hybridized carbons (Fsp3) is 0.0455. The predicted octanol–water partition coefficient (Wildman–Crippen LogP) is 8.23. The molecule has 0 unspecified atom stereocenters. The second kappa shape index (κ2) is 10.8. The van der Waals surface area contributed by atoms with E-state index in [2.05, 4.69) is 72.8 Å². The summed E-state index contributed by atoms with van der Waals surface area (Å²) in [5.41, 5.74) is 12.4. The third-order valence-corrected chi connectivity index (χ3v) is 10.9. The topological polar surface area (TPSA) is 87.0 Å². The quantitative estimate of drug-likeness (QED) is 0.131. The van der Waals surface area contributed by atoms with Gasteiger partial charge in [0.05, 0.1) is 0 Å². The van der Waals surface area contributed by atoms with Crippen LogP contribution in [0.1, 0.15) is 17.5 Å². The van der Waals surface area contributed by atoms with Crippen molar-refractivity contribution in [3.8, 4) is 50.6 Å². The maximum absolute atomic E-state index is 11.4. The van der Waals surface area contributed by atoms with Crippen molar-refractivity contribution in [2.45, 2.75) is 12.8 Å². The number of phenols is 3. The van der Waals surface area contributed by atoms with Crippen LogP contribution in [0.15, 0.2) is 118 Å². The molecule has 0 fully saturated rings. The highest BCUT2D eigenvalue weighted by molar-refractivity contribution is 6.53. The molecule has 242 valence electrons. The van der Waals surface area contributed by atoms with Crippen molar-refractivity contribution in [1.82, 2.24) is 0 Å². The lowest BCUT2D eigenvalue weighted by molar-refractivity contribution is 0.371. The molecule has 9 aromatic rings. The van der Waals surface area contributed by atoms with Crippen LogP contribution in [0.3, 0.4) is 0 Å². The highest BCUT2D eigenvalue weighted by Gasteiger charge is 2.29. The maximum atomic E-state index is 11.4. The minimum Gasteiger partial charge on any atom is -0.505 e. The third-order valence-electron chi connectivity index (χ3n) is 10.9. The molecule has 2 aromatic heterocycles. The summed E-state index contributed by atoms with van der Waals surface area (Å²) in [7, 11) is 3.64. The van der Waals surface area contributed by atoms with E-state index in [9.17, 15) is 15.3 Å². The average molecular weight is 660 g/mol. The summed E-state index contributed by atoms with van der Waals surface area (Å²) in [6.45, 7) is 0. The number of fused-ring (bicyclic) bond motifs is 8. The molecule has 1 aliphatic rings. The van der Waals surface area contributed by atoms with Crippen LogP contribution >= 0.6 is 0 Å². The normalized spacial score (nSPS) is 12.9. The minimum atomic E-state index is -0.504. The first-order chi connectivity index (χ1) is 24.9. The van der Waals surface area contributed by atoms with Gasteiger partial charge in [-0.3, -0.25) is 0 Å². The van der Waals surface area contributed by atoms with E-state index in [0.717, 1.165) is 106 Å². The molecule has 0 bridgehead atoms. The van der Waals surface area contributed by atoms with Crippen molar-refractivity contribution in [1.29, 1.82) is 0 Å². The number of furan rings is 2. The zero-order chi connectivity index (χ0) is 34.5. The molecule has 10 rings (SSSR count). The van der Waals surface area contributed by atoms with E-state index < -0.39 is 5.75 Å². The molecule has 0 atom stereocenters. The highest BCUT2D eigenvalue weighted by Crippen LogP contribution is 2.51. The number of aromatic hydroxyl groups is 3. The van der Waals surface area contributed by atoms with Gasteiger partial charge in [-0.25, -0.2) is 0 Å². The SMILES string of the molecule is Bc1c(B)c(-c2c3c(c(-c4ccc(-c5ccc6oc7ccccc7c6c5)c5c4oc4ccccc45)c4ccccc24)CCC=C3)c(O)c(O)c1O. The number of hydrogen-bond donors (Lipinski definition) is 3. The predicted molar refractivity (Wildman–Crippen MR) is 214 cm³/mol. The Morgan fingerprint density at radius 1 is 0.529 bits per heavy atom. The standard InChI is InChI=1S/C44H30B2O5/c45-39-38(41(47)43(49)42(48)40(39)46)36-27-12-3-1-10-25(27)35(26-11-2-4-13-28(26)36)30-19-18-23(37-29-14-6-8-16-33(29)51-44(30)37)22-17-20-34-31(21-22)24-9-5-7-15-32(24)50-34/h1,3-10,12-21,47-49H,2,11,45-46H2. The lowest BCUT2D eigenvalue weighted by atomic mass is 9.72. The van der Waals surface area contributed by atoms with Crippen molar-refractivity contribution >= 4 is 87.3 Å². The smallest absolute Gasteiger partial charge is 0.200 e. The molecule has 1 aliphatic carbocycles. The van der Waals surface area contributed by atoms with Gasteiger partial charge >= 0.3 is 0 Å². The summed E-state index contributed by atoms with van der Waals surface area (Å²) in [6.07, 6.45) is 5.95. The molecule has 0 radical (unpaired) electrons. The Hall–Kier alpha value is -6.33. The zero-order valence-electron chi connectivity index (χ0n) is 28.0. The van der Waals surface area contributed by atoms with Gasteiger partial charge in [0, 0.05) is 38.2 Å². The molecular formula is C44H30B2O5. The summed E-state index contributed by atoms with van der Waals surface area (Å²) in [4.78, 5) is 0.